The zero-order valence-electron chi connectivity index (χ0n) is 11.3. The van der Waals surface area contributed by atoms with Gasteiger partial charge in [0.2, 0.25) is 0 Å². The van der Waals surface area contributed by atoms with Crippen molar-refractivity contribution < 1.29 is 18.7 Å². The SMILES string of the molecule is C[C@@H](OC(=O)c1ccccc1F)C(=O)NCc1cccs1. The average Bonchev–Trinajstić information content (AvgIpc) is 2.98. The maximum Gasteiger partial charge on any atom is 0.341 e. The van der Waals surface area contributed by atoms with Crippen molar-refractivity contribution in [3.63, 3.8) is 0 Å². The zero-order chi connectivity index (χ0) is 15.2. The molecular weight excluding hydrogens is 293 g/mol. The van der Waals surface area contributed by atoms with Gasteiger partial charge >= 0.3 is 5.97 Å². The molecule has 0 radical (unpaired) electrons. The standard InChI is InChI=1S/C15H14FNO3S/c1-10(14(18)17-9-11-5-4-8-21-11)20-15(19)12-6-2-3-7-13(12)16/h2-8,10H,9H2,1H3,(H,17,18)/t10-/m1/s1. The number of thiophene rings is 1. The molecule has 1 N–H and O–H groups in total. The lowest BCUT2D eigenvalue weighted by Crippen LogP contribution is -2.35. The van der Waals surface area contributed by atoms with Gasteiger partial charge in [0.25, 0.3) is 5.91 Å². The quantitative estimate of drug-likeness (QED) is 0.864. The summed E-state index contributed by atoms with van der Waals surface area (Å²) in [6.45, 7) is 1.82. The zero-order valence-corrected chi connectivity index (χ0v) is 12.2. The van der Waals surface area contributed by atoms with Crippen molar-refractivity contribution in [3.8, 4) is 0 Å². The van der Waals surface area contributed by atoms with Crippen LogP contribution in [0, 0.1) is 5.82 Å². The normalized spacial score (nSPS) is 11.7. The summed E-state index contributed by atoms with van der Waals surface area (Å²) in [7, 11) is 0. The number of esters is 1. The third kappa shape index (κ3) is 4.13. The lowest BCUT2D eigenvalue weighted by Gasteiger charge is -2.13. The molecule has 0 aliphatic rings. The number of ether oxygens (including phenoxy) is 1. The van der Waals surface area contributed by atoms with Gasteiger partial charge in [-0.2, -0.15) is 0 Å². The van der Waals surface area contributed by atoms with Crippen LogP contribution < -0.4 is 5.32 Å². The van der Waals surface area contributed by atoms with Crippen LogP contribution in [0.15, 0.2) is 41.8 Å². The molecule has 110 valence electrons. The molecule has 1 amide bonds. The summed E-state index contributed by atoms with van der Waals surface area (Å²) >= 11 is 1.52. The molecule has 1 aromatic heterocycles. The summed E-state index contributed by atoms with van der Waals surface area (Å²) in [4.78, 5) is 24.6. The van der Waals surface area contributed by atoms with Crippen molar-refractivity contribution in [1.82, 2.24) is 5.32 Å². The van der Waals surface area contributed by atoms with Crippen LogP contribution in [0.5, 0.6) is 0 Å². The summed E-state index contributed by atoms with van der Waals surface area (Å²) < 4.78 is 18.4. The molecule has 6 heteroatoms. The number of benzene rings is 1. The molecule has 4 nitrogen and oxygen atoms in total. The molecule has 2 aromatic rings. The maximum atomic E-state index is 13.4. The minimum absolute atomic E-state index is 0.185. The smallest absolute Gasteiger partial charge is 0.341 e. The van der Waals surface area contributed by atoms with Crippen LogP contribution in [-0.4, -0.2) is 18.0 Å². The van der Waals surface area contributed by atoms with Crippen molar-refractivity contribution in [2.75, 3.05) is 0 Å². The van der Waals surface area contributed by atoms with E-state index in [9.17, 15) is 14.0 Å². The second-order valence-electron chi connectivity index (χ2n) is 4.32. The Labute approximate surface area is 125 Å². The van der Waals surface area contributed by atoms with E-state index in [0.717, 1.165) is 10.9 Å². The van der Waals surface area contributed by atoms with Gasteiger partial charge in [-0.05, 0) is 30.5 Å². The van der Waals surface area contributed by atoms with Gasteiger partial charge < -0.3 is 10.1 Å². The van der Waals surface area contributed by atoms with Crippen LogP contribution in [0.1, 0.15) is 22.2 Å². The lowest BCUT2D eigenvalue weighted by atomic mass is 10.2. The summed E-state index contributed by atoms with van der Waals surface area (Å²) in [5, 5.41) is 4.56. The third-order valence-corrected chi connectivity index (χ3v) is 3.64. The Morgan fingerprint density at radius 2 is 2.05 bits per heavy atom. The first-order valence-electron chi connectivity index (χ1n) is 6.33. The van der Waals surface area contributed by atoms with Gasteiger partial charge in [-0.15, -0.1) is 11.3 Å². The highest BCUT2D eigenvalue weighted by Crippen LogP contribution is 2.10. The molecule has 0 saturated carbocycles. The van der Waals surface area contributed by atoms with Gasteiger partial charge in [-0.25, -0.2) is 9.18 Å². The minimum Gasteiger partial charge on any atom is -0.449 e. The summed E-state index contributed by atoms with van der Waals surface area (Å²) in [6, 6.07) is 9.26. The number of nitrogens with one attached hydrogen (secondary N) is 1. The fourth-order valence-corrected chi connectivity index (χ4v) is 2.28. The summed E-state index contributed by atoms with van der Waals surface area (Å²) in [6.07, 6.45) is -0.989. The number of carbonyl (C=O) groups excluding carboxylic acids is 2. The highest BCUT2D eigenvalue weighted by atomic mass is 32.1. The van der Waals surface area contributed by atoms with E-state index in [-0.39, 0.29) is 5.56 Å². The van der Waals surface area contributed by atoms with E-state index in [4.69, 9.17) is 4.74 Å². The van der Waals surface area contributed by atoms with E-state index in [1.807, 2.05) is 17.5 Å². The molecule has 1 heterocycles. The van der Waals surface area contributed by atoms with Gasteiger partial charge in [0.05, 0.1) is 12.1 Å². The van der Waals surface area contributed by atoms with Crippen molar-refractivity contribution in [1.29, 1.82) is 0 Å². The van der Waals surface area contributed by atoms with Crippen LogP contribution in [0.2, 0.25) is 0 Å². The number of rotatable bonds is 5. The van der Waals surface area contributed by atoms with E-state index >= 15 is 0 Å². The number of carbonyl (C=O) groups is 2. The van der Waals surface area contributed by atoms with Crippen molar-refractivity contribution in [2.24, 2.45) is 0 Å². The number of amides is 1. The van der Waals surface area contributed by atoms with Gasteiger partial charge in [-0.3, -0.25) is 4.79 Å². The molecule has 0 aliphatic heterocycles. The first-order valence-corrected chi connectivity index (χ1v) is 7.21. The fourth-order valence-electron chi connectivity index (χ4n) is 1.64. The Hall–Kier alpha value is -2.21. The Balaban J connectivity index is 1.88. The molecule has 0 spiro atoms. The second-order valence-corrected chi connectivity index (χ2v) is 5.36. The van der Waals surface area contributed by atoms with Crippen molar-refractivity contribution in [3.05, 3.63) is 58.0 Å². The highest BCUT2D eigenvalue weighted by Gasteiger charge is 2.20. The second kappa shape index (κ2) is 6.99. The van der Waals surface area contributed by atoms with Gasteiger partial charge in [0.15, 0.2) is 6.10 Å². The van der Waals surface area contributed by atoms with Crippen LogP contribution in [-0.2, 0) is 16.1 Å². The number of hydrogen-bond donors (Lipinski definition) is 1. The predicted octanol–water partition coefficient (Wildman–Crippen LogP) is 2.75. The van der Waals surface area contributed by atoms with Crippen LogP contribution >= 0.6 is 11.3 Å². The van der Waals surface area contributed by atoms with Crippen molar-refractivity contribution in [2.45, 2.75) is 19.6 Å². The van der Waals surface area contributed by atoms with E-state index in [2.05, 4.69) is 5.32 Å². The van der Waals surface area contributed by atoms with E-state index in [1.165, 1.54) is 36.5 Å². The topological polar surface area (TPSA) is 55.4 Å². The Morgan fingerprint density at radius 1 is 1.29 bits per heavy atom. The molecule has 21 heavy (non-hydrogen) atoms. The first-order chi connectivity index (χ1) is 10.1. The Kier molecular flexibility index (Phi) is 5.05. The molecule has 1 atom stereocenters. The molecule has 0 saturated heterocycles. The maximum absolute atomic E-state index is 13.4. The number of hydrogen-bond acceptors (Lipinski definition) is 4. The van der Waals surface area contributed by atoms with E-state index in [0.29, 0.717) is 6.54 Å². The third-order valence-electron chi connectivity index (χ3n) is 2.76. The largest absolute Gasteiger partial charge is 0.449 e. The van der Waals surface area contributed by atoms with Crippen LogP contribution in [0.25, 0.3) is 0 Å². The molecule has 1 aromatic carbocycles. The minimum atomic E-state index is -0.989. The molecule has 0 bridgehead atoms. The van der Waals surface area contributed by atoms with E-state index in [1.54, 1.807) is 0 Å². The average molecular weight is 307 g/mol. The molecule has 0 fully saturated rings. The predicted molar refractivity (Wildman–Crippen MR) is 77.4 cm³/mol. The lowest BCUT2D eigenvalue weighted by molar-refractivity contribution is -0.129. The van der Waals surface area contributed by atoms with Gasteiger partial charge in [-0.1, -0.05) is 18.2 Å². The monoisotopic (exact) mass is 307 g/mol. The molecule has 0 aliphatic carbocycles. The number of halogens is 1. The van der Waals surface area contributed by atoms with Crippen LogP contribution in [0.4, 0.5) is 4.39 Å². The highest BCUT2D eigenvalue weighted by molar-refractivity contribution is 7.09. The summed E-state index contributed by atoms with van der Waals surface area (Å²) in [5.74, 6) is -1.95. The first kappa shape index (κ1) is 15.2. The van der Waals surface area contributed by atoms with Crippen molar-refractivity contribution >= 4 is 23.2 Å². The van der Waals surface area contributed by atoms with Gasteiger partial charge in [0.1, 0.15) is 5.82 Å². The van der Waals surface area contributed by atoms with E-state index < -0.39 is 23.8 Å². The van der Waals surface area contributed by atoms with Gasteiger partial charge in [0, 0.05) is 4.88 Å². The molecule has 0 unspecified atom stereocenters. The fraction of sp³-hybridized carbons (Fsp3) is 0.200. The molecule has 2 rings (SSSR count). The Morgan fingerprint density at radius 3 is 2.71 bits per heavy atom. The molecular formula is C15H14FNO3S. The summed E-state index contributed by atoms with van der Waals surface area (Å²) in [5.41, 5.74) is -0.185. The Bertz CT molecular complexity index is 628. The van der Waals surface area contributed by atoms with Crippen LogP contribution in [0.3, 0.4) is 0 Å².